The summed E-state index contributed by atoms with van der Waals surface area (Å²) in [5, 5.41) is 16.0. The van der Waals surface area contributed by atoms with E-state index in [9.17, 15) is 9.50 Å². The zero-order valence-electron chi connectivity index (χ0n) is 16.5. The monoisotopic (exact) mass is 385 g/mol. The van der Waals surface area contributed by atoms with Crippen molar-refractivity contribution in [1.82, 2.24) is 15.6 Å². The number of guanidine groups is 1. The van der Waals surface area contributed by atoms with E-state index >= 15 is 0 Å². The van der Waals surface area contributed by atoms with Crippen LogP contribution in [0.4, 0.5) is 10.2 Å². The number of nitrogens with zero attached hydrogens (tertiary/aromatic N) is 3. The van der Waals surface area contributed by atoms with Gasteiger partial charge in [-0.15, -0.1) is 0 Å². The van der Waals surface area contributed by atoms with Gasteiger partial charge in [-0.1, -0.05) is 12.1 Å². The van der Waals surface area contributed by atoms with Gasteiger partial charge in [0.05, 0.1) is 6.54 Å². The molecule has 3 rings (SSSR count). The second-order valence-electron chi connectivity index (χ2n) is 7.08. The highest BCUT2D eigenvalue weighted by molar-refractivity contribution is 5.80. The molecule has 150 valence electrons. The minimum atomic E-state index is -0.622. The van der Waals surface area contributed by atoms with Crippen molar-refractivity contribution in [2.24, 2.45) is 4.99 Å². The molecule has 1 aliphatic rings. The number of halogens is 1. The molecule has 2 aromatic rings. The molecule has 3 N–H and O–H groups in total. The van der Waals surface area contributed by atoms with Gasteiger partial charge in [0.1, 0.15) is 5.82 Å². The van der Waals surface area contributed by atoms with Crippen molar-refractivity contribution in [3.63, 3.8) is 0 Å². The Bertz CT molecular complexity index is 801. The van der Waals surface area contributed by atoms with Crippen LogP contribution in [-0.4, -0.2) is 41.7 Å². The first-order chi connectivity index (χ1) is 13.5. The van der Waals surface area contributed by atoms with Gasteiger partial charge in [0, 0.05) is 31.9 Å². The number of aliphatic imine (C=N–C) groups is 1. The Morgan fingerprint density at radius 1 is 1.29 bits per heavy atom. The van der Waals surface area contributed by atoms with E-state index in [1.54, 1.807) is 6.07 Å². The number of hydrogen-bond donors (Lipinski definition) is 3. The number of nitrogens with one attached hydrogen (secondary N) is 2. The van der Waals surface area contributed by atoms with Crippen molar-refractivity contribution in [2.75, 3.05) is 24.5 Å². The Morgan fingerprint density at radius 2 is 2.07 bits per heavy atom. The lowest BCUT2D eigenvalue weighted by atomic mass is 10.1. The molecular formula is C21H28FN5O. The van der Waals surface area contributed by atoms with E-state index in [2.05, 4.69) is 37.6 Å². The predicted octanol–water partition coefficient (Wildman–Crippen LogP) is 2.96. The summed E-state index contributed by atoms with van der Waals surface area (Å²) in [6.45, 7) is 7.04. The molecule has 0 amide bonds. The summed E-state index contributed by atoms with van der Waals surface area (Å²) in [6.07, 6.45) is 3.89. The van der Waals surface area contributed by atoms with Crippen LogP contribution in [0.25, 0.3) is 0 Å². The fraction of sp³-hybridized carbons (Fsp3) is 0.429. The van der Waals surface area contributed by atoms with Gasteiger partial charge in [-0.05, 0) is 56.0 Å². The average molecular weight is 385 g/mol. The highest BCUT2D eigenvalue weighted by Gasteiger charge is 2.20. The SMILES string of the molecule is CCNC(=NCc1ccc(O)c(F)c1)NC1CCN(c2ccc(C)cn2)CC1. The average Bonchev–Trinajstić information content (AvgIpc) is 2.70. The first kappa shape index (κ1) is 19.9. The Labute approximate surface area is 165 Å². The van der Waals surface area contributed by atoms with Crippen molar-refractivity contribution < 1.29 is 9.50 Å². The number of aromatic hydroxyl groups is 1. The predicted molar refractivity (Wildman–Crippen MR) is 110 cm³/mol. The summed E-state index contributed by atoms with van der Waals surface area (Å²) < 4.78 is 13.5. The number of hydrogen-bond acceptors (Lipinski definition) is 4. The standard InChI is InChI=1S/C21H28FN5O/c1-3-23-21(25-14-16-5-6-19(28)18(22)12-16)26-17-8-10-27(11-9-17)20-7-4-15(2)13-24-20/h4-7,12-13,17,28H,3,8-11,14H2,1-2H3,(H2,23,25,26). The van der Waals surface area contributed by atoms with Crippen LogP contribution >= 0.6 is 0 Å². The maximum atomic E-state index is 13.5. The van der Waals surface area contributed by atoms with Crippen LogP contribution in [0, 0.1) is 12.7 Å². The number of benzene rings is 1. The Hall–Kier alpha value is -2.83. The van der Waals surface area contributed by atoms with Crippen LogP contribution in [-0.2, 0) is 6.54 Å². The molecule has 0 bridgehead atoms. The van der Waals surface area contributed by atoms with Crippen molar-refractivity contribution in [3.05, 3.63) is 53.5 Å². The van der Waals surface area contributed by atoms with Crippen LogP contribution in [0.5, 0.6) is 5.75 Å². The lowest BCUT2D eigenvalue weighted by Crippen LogP contribution is -2.48. The van der Waals surface area contributed by atoms with Gasteiger partial charge >= 0.3 is 0 Å². The zero-order valence-corrected chi connectivity index (χ0v) is 16.5. The molecule has 0 unspecified atom stereocenters. The molecule has 1 fully saturated rings. The molecule has 0 aliphatic carbocycles. The molecule has 6 nitrogen and oxygen atoms in total. The van der Waals surface area contributed by atoms with Crippen molar-refractivity contribution >= 4 is 11.8 Å². The van der Waals surface area contributed by atoms with Gasteiger partial charge in [0.15, 0.2) is 17.5 Å². The molecule has 1 aliphatic heterocycles. The number of phenols is 1. The molecule has 1 saturated heterocycles. The summed E-state index contributed by atoms with van der Waals surface area (Å²) in [6, 6.07) is 8.85. The Kier molecular flexibility index (Phi) is 6.68. The van der Waals surface area contributed by atoms with Gasteiger partial charge in [-0.3, -0.25) is 0 Å². The van der Waals surface area contributed by atoms with E-state index < -0.39 is 5.82 Å². The van der Waals surface area contributed by atoms with Crippen molar-refractivity contribution in [2.45, 2.75) is 39.3 Å². The van der Waals surface area contributed by atoms with Gasteiger partial charge in [-0.25, -0.2) is 14.4 Å². The Balaban J connectivity index is 1.55. The number of aromatic nitrogens is 1. The second kappa shape index (κ2) is 9.39. The molecule has 1 aromatic heterocycles. The summed E-state index contributed by atoms with van der Waals surface area (Å²) in [7, 11) is 0. The summed E-state index contributed by atoms with van der Waals surface area (Å²) in [5.41, 5.74) is 1.88. The third-order valence-corrected chi connectivity index (χ3v) is 4.83. The summed E-state index contributed by atoms with van der Waals surface area (Å²) in [5.74, 6) is 0.789. The first-order valence-electron chi connectivity index (χ1n) is 9.75. The number of rotatable bonds is 5. The van der Waals surface area contributed by atoms with Crippen molar-refractivity contribution in [3.8, 4) is 5.75 Å². The molecule has 0 radical (unpaired) electrons. The van der Waals surface area contributed by atoms with E-state index in [1.165, 1.54) is 17.7 Å². The molecule has 0 saturated carbocycles. The molecular weight excluding hydrogens is 357 g/mol. The first-order valence-corrected chi connectivity index (χ1v) is 9.75. The third kappa shape index (κ3) is 5.34. The van der Waals surface area contributed by atoms with Gasteiger partial charge in [-0.2, -0.15) is 0 Å². The van der Waals surface area contributed by atoms with Crippen LogP contribution in [0.15, 0.2) is 41.5 Å². The van der Waals surface area contributed by atoms with E-state index in [0.29, 0.717) is 18.2 Å². The summed E-state index contributed by atoms with van der Waals surface area (Å²) in [4.78, 5) is 11.4. The highest BCUT2D eigenvalue weighted by atomic mass is 19.1. The Morgan fingerprint density at radius 3 is 2.71 bits per heavy atom. The number of aryl methyl sites for hydroxylation is 1. The fourth-order valence-corrected chi connectivity index (χ4v) is 3.23. The third-order valence-electron chi connectivity index (χ3n) is 4.83. The van der Waals surface area contributed by atoms with Crippen LogP contribution < -0.4 is 15.5 Å². The van der Waals surface area contributed by atoms with E-state index in [-0.39, 0.29) is 5.75 Å². The second-order valence-corrected chi connectivity index (χ2v) is 7.08. The van der Waals surface area contributed by atoms with E-state index in [0.717, 1.165) is 44.3 Å². The molecule has 0 spiro atoms. The topological polar surface area (TPSA) is 72.8 Å². The summed E-state index contributed by atoms with van der Waals surface area (Å²) >= 11 is 0. The minimum absolute atomic E-state index is 0.330. The number of anilines is 1. The van der Waals surface area contributed by atoms with Gasteiger partial charge in [0.25, 0.3) is 0 Å². The van der Waals surface area contributed by atoms with Crippen LogP contribution in [0.2, 0.25) is 0 Å². The lowest BCUT2D eigenvalue weighted by molar-refractivity contribution is 0.432. The van der Waals surface area contributed by atoms with Crippen LogP contribution in [0.1, 0.15) is 30.9 Å². The van der Waals surface area contributed by atoms with Gasteiger partial charge in [0.2, 0.25) is 0 Å². The maximum Gasteiger partial charge on any atom is 0.191 e. The largest absolute Gasteiger partial charge is 0.505 e. The molecule has 0 atom stereocenters. The number of phenolic OH excluding ortho intramolecular Hbond substituents is 1. The normalized spacial score (nSPS) is 15.5. The van der Waals surface area contributed by atoms with Crippen LogP contribution in [0.3, 0.4) is 0 Å². The fourth-order valence-electron chi connectivity index (χ4n) is 3.23. The molecule has 2 heterocycles. The molecule has 1 aromatic carbocycles. The lowest BCUT2D eigenvalue weighted by Gasteiger charge is -2.33. The zero-order chi connectivity index (χ0) is 19.9. The minimum Gasteiger partial charge on any atom is -0.505 e. The quantitative estimate of drug-likeness (QED) is 0.545. The van der Waals surface area contributed by atoms with Gasteiger partial charge < -0.3 is 20.6 Å². The number of piperidine rings is 1. The molecule has 28 heavy (non-hydrogen) atoms. The maximum absolute atomic E-state index is 13.5. The molecule has 7 heteroatoms. The number of pyridine rings is 1. The van der Waals surface area contributed by atoms with E-state index in [1.807, 2.05) is 20.0 Å². The van der Waals surface area contributed by atoms with Crippen molar-refractivity contribution in [1.29, 1.82) is 0 Å². The highest BCUT2D eigenvalue weighted by Crippen LogP contribution is 2.19. The van der Waals surface area contributed by atoms with E-state index in [4.69, 9.17) is 0 Å². The smallest absolute Gasteiger partial charge is 0.191 e.